The van der Waals surface area contributed by atoms with Gasteiger partial charge in [-0.15, -0.1) is 0 Å². The fourth-order valence-electron chi connectivity index (χ4n) is 0.146. The Morgan fingerprint density at radius 2 is 1.75 bits per heavy atom. The molecule has 0 spiro atoms. The quantitative estimate of drug-likeness (QED) is 0.591. The van der Waals surface area contributed by atoms with E-state index in [0.717, 1.165) is 14.2 Å². The second kappa shape index (κ2) is 3.27. The standard InChI is InChI=1S/C2H8FO4P/c1-5-8(4,6-2)7-3/h4,8H,1-2H3. The SMILES string of the molecule is CO[PH](O)(OC)OF. The fraction of sp³-hybridized carbons (Fsp3) is 1.00. The molecule has 1 N–H and O–H groups in total. The number of hydrogen-bond donors (Lipinski definition) is 1. The Bertz CT molecular complexity index is 56.8. The van der Waals surface area contributed by atoms with Crippen LogP contribution in [-0.4, -0.2) is 19.1 Å². The topological polar surface area (TPSA) is 47.9 Å². The number of halogens is 1. The Hall–Kier alpha value is 0.200. The van der Waals surface area contributed by atoms with E-state index in [1.165, 1.54) is 0 Å². The van der Waals surface area contributed by atoms with Gasteiger partial charge < -0.3 is 0 Å². The van der Waals surface area contributed by atoms with Crippen molar-refractivity contribution in [1.82, 2.24) is 0 Å². The van der Waals surface area contributed by atoms with E-state index in [-0.39, 0.29) is 0 Å². The van der Waals surface area contributed by atoms with Crippen molar-refractivity contribution in [3.63, 3.8) is 0 Å². The van der Waals surface area contributed by atoms with Crippen molar-refractivity contribution in [2.45, 2.75) is 0 Å². The van der Waals surface area contributed by atoms with E-state index in [9.17, 15) is 4.53 Å². The average Bonchev–Trinajstić information content (AvgIpc) is 1.87. The molecular formula is C2H8FO4P. The van der Waals surface area contributed by atoms with Crippen molar-refractivity contribution < 1.29 is 23.2 Å². The molecule has 8 heavy (non-hydrogen) atoms. The molecule has 6 heteroatoms. The molecule has 0 fully saturated rings. The third kappa shape index (κ3) is 1.98. The molecule has 0 unspecified atom stereocenters. The summed E-state index contributed by atoms with van der Waals surface area (Å²) in [4.78, 5) is 8.53. The second-order valence-corrected chi connectivity index (χ2v) is 3.03. The molecule has 0 saturated carbocycles. The summed E-state index contributed by atoms with van der Waals surface area (Å²) in [5, 5.41) is 0. The van der Waals surface area contributed by atoms with Crippen molar-refractivity contribution in [1.29, 1.82) is 0 Å². The first-order valence-corrected chi connectivity index (χ1v) is 3.48. The molecule has 0 aliphatic carbocycles. The van der Waals surface area contributed by atoms with Crippen LogP contribution in [0.5, 0.6) is 0 Å². The van der Waals surface area contributed by atoms with Gasteiger partial charge in [-0.1, -0.05) is 0 Å². The predicted molar refractivity (Wildman–Crippen MR) is 26.7 cm³/mol. The first-order chi connectivity index (χ1) is 3.68. The van der Waals surface area contributed by atoms with Gasteiger partial charge in [0.25, 0.3) is 0 Å². The van der Waals surface area contributed by atoms with Crippen molar-refractivity contribution >= 4 is 8.17 Å². The first kappa shape index (κ1) is 8.20. The second-order valence-electron chi connectivity index (χ2n) is 1.01. The van der Waals surface area contributed by atoms with Crippen LogP contribution in [0.3, 0.4) is 0 Å². The van der Waals surface area contributed by atoms with Gasteiger partial charge in [-0.3, -0.25) is 0 Å². The third-order valence-corrected chi connectivity index (χ3v) is 1.84. The van der Waals surface area contributed by atoms with Gasteiger partial charge in [0.1, 0.15) is 0 Å². The van der Waals surface area contributed by atoms with Gasteiger partial charge in [-0.25, -0.2) is 0 Å². The maximum absolute atomic E-state index is 11.1. The zero-order valence-electron chi connectivity index (χ0n) is 4.55. The molecule has 0 rings (SSSR count). The van der Waals surface area contributed by atoms with Crippen molar-refractivity contribution in [2.75, 3.05) is 14.2 Å². The van der Waals surface area contributed by atoms with Gasteiger partial charge in [0.2, 0.25) is 0 Å². The average molecular weight is 146 g/mol. The van der Waals surface area contributed by atoms with Crippen LogP contribution in [0.15, 0.2) is 0 Å². The summed E-state index contributed by atoms with van der Waals surface area (Å²) in [6.45, 7) is 0. The summed E-state index contributed by atoms with van der Waals surface area (Å²) in [5.41, 5.74) is 0. The van der Waals surface area contributed by atoms with Crippen LogP contribution in [0.1, 0.15) is 0 Å². The van der Waals surface area contributed by atoms with Crippen LogP contribution in [-0.2, 0) is 13.8 Å². The molecule has 0 aliphatic heterocycles. The molecule has 0 amide bonds. The molecule has 0 bridgehead atoms. The Balaban J connectivity index is 3.58. The molecule has 0 atom stereocenters. The molecule has 0 radical (unpaired) electrons. The molecule has 0 saturated heterocycles. The van der Waals surface area contributed by atoms with Crippen LogP contribution in [0.25, 0.3) is 0 Å². The Morgan fingerprint density at radius 3 is 1.75 bits per heavy atom. The van der Waals surface area contributed by atoms with Gasteiger partial charge in [0, 0.05) is 0 Å². The summed E-state index contributed by atoms with van der Waals surface area (Å²) in [5.74, 6) is 0. The summed E-state index contributed by atoms with van der Waals surface area (Å²) in [6.07, 6.45) is 0. The van der Waals surface area contributed by atoms with Gasteiger partial charge in [0.15, 0.2) is 0 Å². The predicted octanol–water partition coefficient (Wildman–Crippen LogP) is 0.582. The summed E-state index contributed by atoms with van der Waals surface area (Å²) in [7, 11) is -1.65. The Kier molecular flexibility index (Phi) is 3.35. The Morgan fingerprint density at radius 1 is 1.38 bits per heavy atom. The molecule has 0 heterocycles. The minimum atomic E-state index is -3.84. The normalized spacial score (nSPS) is 14.0. The molecule has 0 aromatic heterocycles. The minimum absolute atomic E-state index is 1.09. The summed E-state index contributed by atoms with van der Waals surface area (Å²) >= 11 is 0. The van der Waals surface area contributed by atoms with Crippen LogP contribution in [0.4, 0.5) is 4.53 Å². The van der Waals surface area contributed by atoms with Gasteiger partial charge in [-0.2, -0.15) is 0 Å². The molecule has 0 aromatic rings. The van der Waals surface area contributed by atoms with E-state index in [4.69, 9.17) is 4.89 Å². The molecular weight excluding hydrogens is 138 g/mol. The molecule has 0 aliphatic rings. The van der Waals surface area contributed by atoms with Crippen molar-refractivity contribution in [2.24, 2.45) is 0 Å². The van der Waals surface area contributed by atoms with E-state index in [1.54, 1.807) is 0 Å². The van der Waals surface area contributed by atoms with Gasteiger partial charge in [0.05, 0.1) is 0 Å². The summed E-state index contributed by atoms with van der Waals surface area (Å²) < 4.78 is 22.3. The fourth-order valence-corrected chi connectivity index (χ4v) is 0.439. The number of rotatable bonds is 3. The van der Waals surface area contributed by atoms with Gasteiger partial charge >= 0.3 is 45.6 Å². The Labute approximate surface area is 46.7 Å². The van der Waals surface area contributed by atoms with Gasteiger partial charge in [-0.05, 0) is 0 Å². The van der Waals surface area contributed by atoms with E-state index in [2.05, 4.69) is 13.8 Å². The molecule has 4 nitrogen and oxygen atoms in total. The molecule has 52 valence electrons. The molecule has 0 aromatic carbocycles. The van der Waals surface area contributed by atoms with E-state index in [1.807, 2.05) is 0 Å². The summed E-state index contributed by atoms with van der Waals surface area (Å²) in [6, 6.07) is 0. The van der Waals surface area contributed by atoms with Crippen LogP contribution in [0.2, 0.25) is 0 Å². The van der Waals surface area contributed by atoms with Crippen LogP contribution >= 0.6 is 8.17 Å². The third-order valence-electron chi connectivity index (χ3n) is 0.613. The van der Waals surface area contributed by atoms with Crippen LogP contribution in [0, 0.1) is 0 Å². The van der Waals surface area contributed by atoms with Crippen LogP contribution < -0.4 is 0 Å². The monoisotopic (exact) mass is 146 g/mol. The van der Waals surface area contributed by atoms with E-state index in [0.29, 0.717) is 0 Å². The number of hydrogen-bond acceptors (Lipinski definition) is 4. The van der Waals surface area contributed by atoms with E-state index < -0.39 is 8.17 Å². The van der Waals surface area contributed by atoms with E-state index >= 15 is 0 Å². The maximum atomic E-state index is 11.1. The van der Waals surface area contributed by atoms with Crippen molar-refractivity contribution in [3.8, 4) is 0 Å². The first-order valence-electron chi connectivity index (χ1n) is 1.81. The van der Waals surface area contributed by atoms with Crippen molar-refractivity contribution in [3.05, 3.63) is 0 Å². The zero-order valence-corrected chi connectivity index (χ0v) is 5.55. The zero-order chi connectivity index (χ0) is 6.62.